The Balaban J connectivity index is 1.57. The lowest BCUT2D eigenvalue weighted by Gasteiger charge is -2.20. The van der Waals surface area contributed by atoms with E-state index in [-0.39, 0.29) is 42.8 Å². The Hall–Kier alpha value is -2.12. The number of hydrogen-bond donors (Lipinski definition) is 2. The number of likely N-dealkylation sites (N-methyl/N-ethyl adjacent to an activating group) is 1. The molecule has 7 heteroatoms. The van der Waals surface area contributed by atoms with Crippen molar-refractivity contribution in [2.75, 3.05) is 31.8 Å². The highest BCUT2D eigenvalue weighted by atomic mass is 32.2. The number of imide groups is 1. The number of carbonyl (C=O) groups is 3. The van der Waals surface area contributed by atoms with Gasteiger partial charge in [0, 0.05) is 4.90 Å². The van der Waals surface area contributed by atoms with Gasteiger partial charge in [0.1, 0.15) is 0 Å². The maximum absolute atomic E-state index is 12.5. The summed E-state index contributed by atoms with van der Waals surface area (Å²) in [6, 6.07) is 7.62. The summed E-state index contributed by atoms with van der Waals surface area (Å²) < 4.78 is 0. The van der Waals surface area contributed by atoms with Gasteiger partial charge in [0.15, 0.2) is 13.2 Å². The summed E-state index contributed by atoms with van der Waals surface area (Å²) in [6.07, 6.45) is 7.18. The number of rotatable bonds is 6. The van der Waals surface area contributed by atoms with Gasteiger partial charge in [-0.2, -0.15) is 0 Å². The fraction of sp³-hybridized carbons (Fsp3) is 0.421. The molecule has 0 radical (unpaired) electrons. The Morgan fingerprint density at radius 3 is 2.42 bits per heavy atom. The molecule has 26 heavy (non-hydrogen) atoms. The smallest absolute Gasteiger partial charge is 0.279 e. The third-order valence-corrected chi connectivity index (χ3v) is 5.67. The molecule has 1 fully saturated rings. The molecule has 1 saturated heterocycles. The predicted molar refractivity (Wildman–Crippen MR) is 101 cm³/mol. The van der Waals surface area contributed by atoms with Crippen LogP contribution in [0.4, 0.5) is 5.69 Å². The number of amides is 3. The number of anilines is 1. The monoisotopic (exact) mass is 374 g/mol. The minimum absolute atomic E-state index is 0.100. The van der Waals surface area contributed by atoms with Crippen molar-refractivity contribution in [2.45, 2.75) is 17.7 Å². The van der Waals surface area contributed by atoms with Crippen LogP contribution in [0.5, 0.6) is 0 Å². The standard InChI is InChI=1S/C19H23N3O3S/c1-21(11-17(23)20-15-9-5-6-10-16(15)26-2)12-22-18(24)13-7-3-4-8-14(13)19(22)25/h3-6,9-10,13-14H,7-8,11-12H2,1-2H3,(H,20,23)/p+1/t13-,14+. The quantitative estimate of drug-likeness (QED) is 0.438. The summed E-state index contributed by atoms with van der Waals surface area (Å²) in [5.41, 5.74) is 0.781. The highest BCUT2D eigenvalue weighted by molar-refractivity contribution is 7.98. The molecule has 1 aliphatic carbocycles. The number of likely N-dealkylation sites (tertiary alicyclic amines) is 1. The highest BCUT2D eigenvalue weighted by Gasteiger charge is 2.48. The van der Waals surface area contributed by atoms with Gasteiger partial charge in [0.25, 0.3) is 5.91 Å². The maximum atomic E-state index is 12.5. The Bertz CT molecular complexity index is 723. The summed E-state index contributed by atoms with van der Waals surface area (Å²) in [6.45, 7) is 0.412. The summed E-state index contributed by atoms with van der Waals surface area (Å²) in [7, 11) is 1.82. The van der Waals surface area contributed by atoms with E-state index in [4.69, 9.17) is 0 Å². The minimum atomic E-state index is -0.220. The van der Waals surface area contributed by atoms with E-state index in [2.05, 4.69) is 5.32 Å². The van der Waals surface area contributed by atoms with E-state index in [1.807, 2.05) is 49.7 Å². The van der Waals surface area contributed by atoms with Crippen LogP contribution in [0.2, 0.25) is 0 Å². The van der Waals surface area contributed by atoms with Crippen molar-refractivity contribution in [1.82, 2.24) is 4.90 Å². The van der Waals surface area contributed by atoms with E-state index in [9.17, 15) is 14.4 Å². The number of carbonyl (C=O) groups excluding carboxylic acids is 3. The van der Waals surface area contributed by atoms with Crippen molar-refractivity contribution in [3.05, 3.63) is 36.4 Å². The highest BCUT2D eigenvalue weighted by Crippen LogP contribution is 2.34. The SMILES string of the molecule is CSc1ccccc1NC(=O)C[NH+](C)CN1C(=O)[C@H]2CC=CC[C@H]2C1=O. The normalized spacial score (nSPS) is 23.1. The third-order valence-electron chi connectivity index (χ3n) is 4.87. The van der Waals surface area contributed by atoms with Crippen molar-refractivity contribution in [1.29, 1.82) is 0 Å². The first-order valence-corrected chi connectivity index (χ1v) is 9.98. The molecule has 3 atom stereocenters. The number of hydrogen-bond acceptors (Lipinski definition) is 4. The van der Waals surface area contributed by atoms with E-state index in [1.165, 1.54) is 4.90 Å². The molecule has 1 aromatic rings. The van der Waals surface area contributed by atoms with Gasteiger partial charge in [-0.15, -0.1) is 11.8 Å². The van der Waals surface area contributed by atoms with Gasteiger partial charge in [-0.1, -0.05) is 24.3 Å². The summed E-state index contributed by atoms with van der Waals surface area (Å²) in [4.78, 5) is 40.5. The molecule has 2 aliphatic rings. The number of fused-ring (bicyclic) bond motifs is 1. The first-order valence-electron chi connectivity index (χ1n) is 8.75. The van der Waals surface area contributed by atoms with Gasteiger partial charge in [-0.25, -0.2) is 4.90 Å². The molecule has 3 amide bonds. The molecule has 1 aromatic carbocycles. The number of nitrogens with one attached hydrogen (secondary N) is 2. The number of thioether (sulfide) groups is 1. The molecule has 0 saturated carbocycles. The summed E-state index contributed by atoms with van der Waals surface area (Å²) >= 11 is 1.57. The largest absolute Gasteiger partial charge is 0.320 e. The Morgan fingerprint density at radius 2 is 1.81 bits per heavy atom. The molecule has 0 aromatic heterocycles. The first kappa shape index (κ1) is 18.7. The Labute approximate surface area is 157 Å². The Morgan fingerprint density at radius 1 is 1.19 bits per heavy atom. The van der Waals surface area contributed by atoms with Gasteiger partial charge in [0.05, 0.1) is 24.6 Å². The lowest BCUT2D eigenvalue weighted by molar-refractivity contribution is -0.878. The zero-order valence-electron chi connectivity index (χ0n) is 15.0. The van der Waals surface area contributed by atoms with Crippen molar-refractivity contribution in [2.24, 2.45) is 11.8 Å². The van der Waals surface area contributed by atoms with Crippen LogP contribution in [-0.4, -0.2) is 49.1 Å². The van der Waals surface area contributed by atoms with Crippen molar-refractivity contribution < 1.29 is 19.3 Å². The second-order valence-electron chi connectivity index (χ2n) is 6.80. The molecule has 2 N–H and O–H groups in total. The van der Waals surface area contributed by atoms with Gasteiger partial charge in [0.2, 0.25) is 11.8 Å². The number of para-hydroxylation sites is 1. The molecule has 6 nitrogen and oxygen atoms in total. The Kier molecular flexibility index (Phi) is 5.78. The molecule has 0 spiro atoms. The average molecular weight is 374 g/mol. The van der Waals surface area contributed by atoms with E-state index < -0.39 is 0 Å². The third kappa shape index (κ3) is 3.83. The zero-order chi connectivity index (χ0) is 18.7. The van der Waals surface area contributed by atoms with Crippen molar-refractivity contribution in [3.8, 4) is 0 Å². The predicted octanol–water partition coefficient (Wildman–Crippen LogP) is 0.770. The number of benzene rings is 1. The number of quaternary nitrogens is 1. The van der Waals surface area contributed by atoms with Crippen molar-refractivity contribution in [3.63, 3.8) is 0 Å². The maximum Gasteiger partial charge on any atom is 0.279 e. The molecule has 1 unspecified atom stereocenters. The number of allylic oxidation sites excluding steroid dienone is 2. The first-order chi connectivity index (χ1) is 12.5. The van der Waals surface area contributed by atoms with Gasteiger partial charge in [-0.3, -0.25) is 14.4 Å². The van der Waals surface area contributed by atoms with E-state index in [0.29, 0.717) is 12.8 Å². The molecular weight excluding hydrogens is 350 g/mol. The van der Waals surface area contributed by atoms with Gasteiger partial charge < -0.3 is 10.2 Å². The van der Waals surface area contributed by atoms with Crippen LogP contribution >= 0.6 is 11.8 Å². The van der Waals surface area contributed by atoms with Gasteiger partial charge in [-0.05, 0) is 31.2 Å². The van der Waals surface area contributed by atoms with E-state index in [1.54, 1.807) is 11.8 Å². The molecular formula is C19H24N3O3S+. The minimum Gasteiger partial charge on any atom is -0.320 e. The fourth-order valence-electron chi connectivity index (χ4n) is 3.57. The van der Waals surface area contributed by atoms with Crippen LogP contribution in [0.3, 0.4) is 0 Å². The zero-order valence-corrected chi connectivity index (χ0v) is 15.8. The van der Waals surface area contributed by atoms with Crippen LogP contribution < -0.4 is 10.2 Å². The summed E-state index contributed by atoms with van der Waals surface area (Å²) in [5.74, 6) is -0.777. The topological polar surface area (TPSA) is 70.9 Å². The molecule has 0 bridgehead atoms. The number of nitrogens with zero attached hydrogens (tertiary/aromatic N) is 1. The molecule has 138 valence electrons. The van der Waals surface area contributed by atoms with E-state index >= 15 is 0 Å². The lowest BCUT2D eigenvalue weighted by atomic mass is 9.85. The van der Waals surface area contributed by atoms with Crippen LogP contribution in [0.1, 0.15) is 12.8 Å². The average Bonchev–Trinajstić information content (AvgIpc) is 2.87. The lowest BCUT2D eigenvalue weighted by Crippen LogP contribution is -3.11. The van der Waals surface area contributed by atoms with Crippen LogP contribution in [0.25, 0.3) is 0 Å². The molecule has 1 aliphatic heterocycles. The van der Waals surface area contributed by atoms with E-state index in [0.717, 1.165) is 15.5 Å². The molecule has 1 heterocycles. The van der Waals surface area contributed by atoms with Crippen LogP contribution in [0, 0.1) is 11.8 Å². The summed E-state index contributed by atoms with van der Waals surface area (Å²) in [5, 5.41) is 2.91. The van der Waals surface area contributed by atoms with Crippen molar-refractivity contribution >= 4 is 35.2 Å². The van der Waals surface area contributed by atoms with Crippen LogP contribution in [0.15, 0.2) is 41.3 Å². The second kappa shape index (κ2) is 8.05. The van der Waals surface area contributed by atoms with Gasteiger partial charge >= 0.3 is 0 Å². The fourth-order valence-corrected chi connectivity index (χ4v) is 4.12. The second-order valence-corrected chi connectivity index (χ2v) is 7.65. The van der Waals surface area contributed by atoms with Crippen LogP contribution in [-0.2, 0) is 14.4 Å². The molecule has 3 rings (SSSR count).